The molecule has 1 aromatic carbocycles. The fourth-order valence-corrected chi connectivity index (χ4v) is 2.61. The molecule has 0 radical (unpaired) electrons. The number of anilines is 1. The first kappa shape index (κ1) is 14.2. The molecule has 2 aromatic heterocycles. The first-order valence-corrected chi connectivity index (χ1v) is 7.50. The van der Waals surface area contributed by atoms with Gasteiger partial charge in [0.25, 0.3) is 0 Å². The minimum absolute atomic E-state index is 0.265. The Bertz CT molecular complexity index is 764. The van der Waals surface area contributed by atoms with Crippen molar-refractivity contribution in [2.75, 3.05) is 5.32 Å². The summed E-state index contributed by atoms with van der Waals surface area (Å²) in [5.74, 6) is 0.357. The molecular formula is C16H13N3O2S. The molecule has 0 saturated carbocycles. The third-order valence-corrected chi connectivity index (χ3v) is 3.68. The third kappa shape index (κ3) is 3.89. The van der Waals surface area contributed by atoms with E-state index in [4.69, 9.17) is 4.42 Å². The van der Waals surface area contributed by atoms with Crippen LogP contribution in [0.5, 0.6) is 0 Å². The van der Waals surface area contributed by atoms with E-state index >= 15 is 0 Å². The number of carbonyl (C=O) groups is 1. The maximum absolute atomic E-state index is 11.8. The second kappa shape index (κ2) is 6.82. The van der Waals surface area contributed by atoms with Gasteiger partial charge < -0.3 is 4.42 Å². The van der Waals surface area contributed by atoms with Crippen LogP contribution in [0.3, 0.4) is 0 Å². The summed E-state index contributed by atoms with van der Waals surface area (Å²) in [4.78, 5) is 11.8. The summed E-state index contributed by atoms with van der Waals surface area (Å²) in [6.45, 7) is 0. The van der Waals surface area contributed by atoms with E-state index in [1.165, 1.54) is 17.4 Å². The topological polar surface area (TPSA) is 68.0 Å². The number of hydrogen-bond acceptors (Lipinski definition) is 5. The van der Waals surface area contributed by atoms with Crippen LogP contribution >= 0.6 is 11.3 Å². The summed E-state index contributed by atoms with van der Waals surface area (Å²) >= 11 is 1.37. The Morgan fingerprint density at radius 2 is 2.05 bits per heavy atom. The van der Waals surface area contributed by atoms with E-state index < -0.39 is 0 Å². The number of benzene rings is 1. The number of nitrogens with zero attached hydrogens (tertiary/aromatic N) is 2. The lowest BCUT2D eigenvalue weighted by atomic mass is 10.2. The zero-order valence-corrected chi connectivity index (χ0v) is 12.4. The van der Waals surface area contributed by atoms with Crippen molar-refractivity contribution >= 4 is 28.5 Å². The SMILES string of the molecule is O=C(/C=C/c1ccco1)Nc1nnc(Cc2ccccc2)s1. The molecule has 1 amide bonds. The molecule has 0 unspecified atom stereocenters. The van der Waals surface area contributed by atoms with Crippen LogP contribution in [0.25, 0.3) is 6.08 Å². The monoisotopic (exact) mass is 311 g/mol. The summed E-state index contributed by atoms with van der Waals surface area (Å²) in [6, 6.07) is 13.5. The van der Waals surface area contributed by atoms with Gasteiger partial charge in [0.1, 0.15) is 10.8 Å². The highest BCUT2D eigenvalue weighted by molar-refractivity contribution is 7.15. The molecule has 0 aliphatic heterocycles. The molecule has 0 fully saturated rings. The number of amides is 1. The number of hydrogen-bond donors (Lipinski definition) is 1. The average Bonchev–Trinajstić information content (AvgIpc) is 3.18. The van der Waals surface area contributed by atoms with E-state index in [-0.39, 0.29) is 5.91 Å². The van der Waals surface area contributed by atoms with Crippen molar-refractivity contribution < 1.29 is 9.21 Å². The van der Waals surface area contributed by atoms with Crippen molar-refractivity contribution in [3.05, 3.63) is 71.1 Å². The van der Waals surface area contributed by atoms with Crippen molar-refractivity contribution in [1.29, 1.82) is 0 Å². The molecule has 110 valence electrons. The Morgan fingerprint density at radius 1 is 1.18 bits per heavy atom. The van der Waals surface area contributed by atoms with Crippen LogP contribution in [0.4, 0.5) is 5.13 Å². The molecule has 6 heteroatoms. The molecule has 3 rings (SSSR count). The van der Waals surface area contributed by atoms with Crippen LogP contribution in [-0.2, 0) is 11.2 Å². The van der Waals surface area contributed by atoms with Crippen molar-refractivity contribution in [2.24, 2.45) is 0 Å². The molecule has 0 aliphatic carbocycles. The summed E-state index contributed by atoms with van der Waals surface area (Å²) < 4.78 is 5.11. The molecule has 0 atom stereocenters. The number of nitrogens with one attached hydrogen (secondary N) is 1. The quantitative estimate of drug-likeness (QED) is 0.734. The second-order valence-electron chi connectivity index (χ2n) is 4.50. The molecule has 2 heterocycles. The van der Waals surface area contributed by atoms with Gasteiger partial charge in [0.05, 0.1) is 6.26 Å². The van der Waals surface area contributed by atoms with Crippen LogP contribution in [-0.4, -0.2) is 16.1 Å². The fraction of sp³-hybridized carbons (Fsp3) is 0.0625. The van der Waals surface area contributed by atoms with E-state index in [1.807, 2.05) is 30.3 Å². The van der Waals surface area contributed by atoms with Gasteiger partial charge in [0, 0.05) is 12.5 Å². The number of furan rings is 1. The van der Waals surface area contributed by atoms with Gasteiger partial charge in [-0.25, -0.2) is 0 Å². The van der Waals surface area contributed by atoms with Crippen molar-refractivity contribution in [3.8, 4) is 0 Å². The first-order valence-electron chi connectivity index (χ1n) is 6.68. The minimum atomic E-state index is -0.265. The lowest BCUT2D eigenvalue weighted by Gasteiger charge is -1.95. The third-order valence-electron chi connectivity index (χ3n) is 2.84. The van der Waals surface area contributed by atoms with Crippen LogP contribution in [0.2, 0.25) is 0 Å². The summed E-state index contributed by atoms with van der Waals surface area (Å²) in [6.07, 6.45) is 5.26. The van der Waals surface area contributed by atoms with Crippen LogP contribution < -0.4 is 5.32 Å². The molecule has 0 saturated heterocycles. The highest BCUT2D eigenvalue weighted by Crippen LogP contribution is 2.18. The van der Waals surface area contributed by atoms with Crippen LogP contribution in [0.1, 0.15) is 16.3 Å². The Labute approximate surface area is 131 Å². The fourth-order valence-electron chi connectivity index (χ4n) is 1.84. The maximum Gasteiger partial charge on any atom is 0.250 e. The van der Waals surface area contributed by atoms with Crippen molar-refractivity contribution in [1.82, 2.24) is 10.2 Å². The van der Waals surface area contributed by atoms with Gasteiger partial charge >= 0.3 is 0 Å². The molecule has 0 bridgehead atoms. The summed E-state index contributed by atoms with van der Waals surface area (Å²) in [5.41, 5.74) is 1.16. The smallest absolute Gasteiger partial charge is 0.250 e. The van der Waals surface area contributed by atoms with Gasteiger partial charge in [0.2, 0.25) is 11.0 Å². The molecule has 3 aromatic rings. The molecule has 22 heavy (non-hydrogen) atoms. The molecule has 0 spiro atoms. The van der Waals surface area contributed by atoms with Gasteiger partial charge in [-0.1, -0.05) is 41.7 Å². The van der Waals surface area contributed by atoms with Gasteiger partial charge in [-0.2, -0.15) is 0 Å². The highest BCUT2D eigenvalue weighted by Gasteiger charge is 2.07. The van der Waals surface area contributed by atoms with Crippen LogP contribution in [0, 0.1) is 0 Å². The Kier molecular flexibility index (Phi) is 4.41. The van der Waals surface area contributed by atoms with Crippen molar-refractivity contribution in [3.63, 3.8) is 0 Å². The number of rotatable bonds is 5. The predicted molar refractivity (Wildman–Crippen MR) is 85.5 cm³/mol. The Hall–Kier alpha value is -2.73. The van der Waals surface area contributed by atoms with Crippen LogP contribution in [0.15, 0.2) is 59.2 Å². The van der Waals surface area contributed by atoms with Crippen molar-refractivity contribution in [2.45, 2.75) is 6.42 Å². The Balaban J connectivity index is 1.58. The van der Waals surface area contributed by atoms with E-state index in [0.717, 1.165) is 10.6 Å². The first-order chi connectivity index (χ1) is 10.8. The number of carbonyl (C=O) groups excluding carboxylic acids is 1. The lowest BCUT2D eigenvalue weighted by Crippen LogP contribution is -2.07. The average molecular weight is 311 g/mol. The van der Waals surface area contributed by atoms with Gasteiger partial charge in [-0.05, 0) is 23.8 Å². The van der Waals surface area contributed by atoms with Gasteiger partial charge in [-0.3, -0.25) is 10.1 Å². The normalized spacial score (nSPS) is 10.9. The van der Waals surface area contributed by atoms with E-state index in [0.29, 0.717) is 17.3 Å². The van der Waals surface area contributed by atoms with E-state index in [9.17, 15) is 4.79 Å². The lowest BCUT2D eigenvalue weighted by molar-refractivity contribution is -0.111. The summed E-state index contributed by atoms with van der Waals surface area (Å²) in [7, 11) is 0. The minimum Gasteiger partial charge on any atom is -0.465 e. The van der Waals surface area contributed by atoms with E-state index in [1.54, 1.807) is 24.5 Å². The highest BCUT2D eigenvalue weighted by atomic mass is 32.1. The van der Waals surface area contributed by atoms with Gasteiger partial charge in [-0.15, -0.1) is 10.2 Å². The van der Waals surface area contributed by atoms with Gasteiger partial charge in [0.15, 0.2) is 0 Å². The molecule has 0 aliphatic rings. The Morgan fingerprint density at radius 3 is 2.82 bits per heavy atom. The molecule has 1 N–H and O–H groups in total. The largest absolute Gasteiger partial charge is 0.465 e. The molecular weight excluding hydrogens is 298 g/mol. The maximum atomic E-state index is 11.8. The predicted octanol–water partition coefficient (Wildman–Crippen LogP) is 3.37. The zero-order valence-electron chi connectivity index (χ0n) is 11.6. The summed E-state index contributed by atoms with van der Waals surface area (Å²) in [5, 5.41) is 12.1. The second-order valence-corrected chi connectivity index (χ2v) is 5.56. The zero-order chi connectivity index (χ0) is 15.2. The number of aromatic nitrogens is 2. The molecule has 5 nitrogen and oxygen atoms in total. The standard InChI is InChI=1S/C16H13N3O2S/c20-14(9-8-13-7-4-10-21-13)17-16-19-18-15(22-16)11-12-5-2-1-3-6-12/h1-10H,11H2,(H,17,19,20)/b9-8+. The van der Waals surface area contributed by atoms with E-state index in [2.05, 4.69) is 15.5 Å².